The summed E-state index contributed by atoms with van der Waals surface area (Å²) in [4.78, 5) is 12.1. The van der Waals surface area contributed by atoms with Crippen molar-refractivity contribution in [1.82, 2.24) is 9.78 Å². The van der Waals surface area contributed by atoms with Crippen LogP contribution in [-0.2, 0) is 6.42 Å². The summed E-state index contributed by atoms with van der Waals surface area (Å²) in [6, 6.07) is 10.6. The summed E-state index contributed by atoms with van der Waals surface area (Å²) in [5, 5.41) is 4.03. The van der Waals surface area contributed by atoms with Crippen molar-refractivity contribution in [1.29, 1.82) is 0 Å². The average molecular weight is 244 g/mol. The van der Waals surface area contributed by atoms with Crippen LogP contribution in [-0.4, -0.2) is 21.7 Å². The number of carbonyl (C=O) groups is 1. The SMILES string of the molecule is Cc1cc(N)n(C(=O)C(N)Cc2ccccc2)n1. The van der Waals surface area contributed by atoms with E-state index in [2.05, 4.69) is 5.10 Å². The molecule has 18 heavy (non-hydrogen) atoms. The van der Waals surface area contributed by atoms with Crippen LogP contribution in [0.25, 0.3) is 0 Å². The monoisotopic (exact) mass is 244 g/mol. The van der Waals surface area contributed by atoms with Crippen LogP contribution in [0.15, 0.2) is 36.4 Å². The molecule has 1 aromatic carbocycles. The highest BCUT2D eigenvalue weighted by Gasteiger charge is 2.19. The zero-order chi connectivity index (χ0) is 13.1. The van der Waals surface area contributed by atoms with Gasteiger partial charge in [-0.15, -0.1) is 0 Å². The van der Waals surface area contributed by atoms with Gasteiger partial charge in [0.1, 0.15) is 5.82 Å². The molecule has 0 aliphatic carbocycles. The van der Waals surface area contributed by atoms with Gasteiger partial charge in [-0.3, -0.25) is 4.79 Å². The van der Waals surface area contributed by atoms with Crippen molar-refractivity contribution >= 4 is 11.7 Å². The number of nitrogens with zero attached hydrogens (tertiary/aromatic N) is 2. The lowest BCUT2D eigenvalue weighted by molar-refractivity contribution is 0.0865. The van der Waals surface area contributed by atoms with Gasteiger partial charge in [-0.25, -0.2) is 0 Å². The summed E-state index contributed by atoms with van der Waals surface area (Å²) >= 11 is 0. The Balaban J connectivity index is 2.12. The standard InChI is InChI=1S/C13H16N4O/c1-9-7-12(15)17(16-9)13(18)11(14)8-10-5-3-2-4-6-10/h2-7,11H,8,14-15H2,1H3. The molecule has 0 amide bonds. The molecule has 0 saturated heterocycles. The molecule has 0 fully saturated rings. The number of rotatable bonds is 3. The predicted octanol–water partition coefficient (Wildman–Crippen LogP) is 0.984. The Morgan fingerprint density at radius 1 is 1.39 bits per heavy atom. The molecule has 94 valence electrons. The number of anilines is 1. The molecular formula is C13H16N4O. The lowest BCUT2D eigenvalue weighted by Gasteiger charge is -2.11. The van der Waals surface area contributed by atoms with E-state index in [-0.39, 0.29) is 5.91 Å². The largest absolute Gasteiger partial charge is 0.383 e. The van der Waals surface area contributed by atoms with Crippen molar-refractivity contribution in [2.24, 2.45) is 5.73 Å². The Morgan fingerprint density at radius 3 is 2.61 bits per heavy atom. The fraction of sp³-hybridized carbons (Fsp3) is 0.231. The zero-order valence-corrected chi connectivity index (χ0v) is 10.2. The van der Waals surface area contributed by atoms with Gasteiger partial charge in [0.25, 0.3) is 5.91 Å². The molecule has 5 nitrogen and oxygen atoms in total. The molecule has 1 heterocycles. The molecule has 4 N–H and O–H groups in total. The third-order valence-corrected chi connectivity index (χ3v) is 2.68. The number of aromatic nitrogens is 2. The maximum atomic E-state index is 12.1. The van der Waals surface area contributed by atoms with Crippen molar-refractivity contribution < 1.29 is 4.79 Å². The Morgan fingerprint density at radius 2 is 2.06 bits per heavy atom. The molecule has 1 unspecified atom stereocenters. The Kier molecular flexibility index (Phi) is 3.43. The summed E-state index contributed by atoms with van der Waals surface area (Å²) < 4.78 is 1.17. The molecule has 1 aromatic heterocycles. The van der Waals surface area contributed by atoms with Crippen LogP contribution in [0, 0.1) is 6.92 Å². The Bertz CT molecular complexity index is 547. The summed E-state index contributed by atoms with van der Waals surface area (Å²) in [6.07, 6.45) is 0.470. The van der Waals surface area contributed by atoms with E-state index < -0.39 is 6.04 Å². The second kappa shape index (κ2) is 5.01. The van der Waals surface area contributed by atoms with Crippen molar-refractivity contribution in [3.8, 4) is 0 Å². The fourth-order valence-corrected chi connectivity index (χ4v) is 1.81. The highest BCUT2D eigenvalue weighted by Crippen LogP contribution is 2.08. The number of aryl methyl sites for hydroxylation is 1. The van der Waals surface area contributed by atoms with Crippen LogP contribution < -0.4 is 11.5 Å². The first-order chi connectivity index (χ1) is 8.58. The summed E-state index contributed by atoms with van der Waals surface area (Å²) in [7, 11) is 0. The lowest BCUT2D eigenvalue weighted by Crippen LogP contribution is -2.37. The molecule has 0 saturated carbocycles. The summed E-state index contributed by atoms with van der Waals surface area (Å²) in [6.45, 7) is 1.78. The van der Waals surface area contributed by atoms with Gasteiger partial charge in [0.05, 0.1) is 11.7 Å². The van der Waals surface area contributed by atoms with Gasteiger partial charge in [-0.05, 0) is 18.9 Å². The molecule has 2 aromatic rings. The van der Waals surface area contributed by atoms with Gasteiger partial charge in [0.15, 0.2) is 0 Å². The molecule has 2 rings (SSSR count). The molecule has 0 aliphatic heterocycles. The molecule has 0 spiro atoms. The van der Waals surface area contributed by atoms with Gasteiger partial charge in [0, 0.05) is 6.07 Å². The van der Waals surface area contributed by atoms with Crippen LogP contribution in [0.3, 0.4) is 0 Å². The average Bonchev–Trinajstić information content (AvgIpc) is 2.68. The third-order valence-electron chi connectivity index (χ3n) is 2.68. The van der Waals surface area contributed by atoms with Crippen molar-refractivity contribution in [2.75, 3.05) is 5.73 Å². The smallest absolute Gasteiger partial charge is 0.265 e. The Labute approximate surface area is 105 Å². The van der Waals surface area contributed by atoms with Crippen LogP contribution in [0.2, 0.25) is 0 Å². The van der Waals surface area contributed by atoms with Gasteiger partial charge >= 0.3 is 0 Å². The van der Waals surface area contributed by atoms with Crippen LogP contribution in [0.1, 0.15) is 16.1 Å². The maximum absolute atomic E-state index is 12.1. The van der Waals surface area contributed by atoms with E-state index in [0.717, 1.165) is 5.56 Å². The van der Waals surface area contributed by atoms with E-state index in [9.17, 15) is 4.79 Å². The second-order valence-electron chi connectivity index (χ2n) is 4.26. The van der Waals surface area contributed by atoms with E-state index in [4.69, 9.17) is 11.5 Å². The lowest BCUT2D eigenvalue weighted by atomic mass is 10.1. The topological polar surface area (TPSA) is 86.9 Å². The van der Waals surface area contributed by atoms with Crippen LogP contribution in [0.4, 0.5) is 5.82 Å². The maximum Gasteiger partial charge on any atom is 0.265 e. The summed E-state index contributed by atoms with van der Waals surface area (Å²) in [5.41, 5.74) is 13.3. The first kappa shape index (κ1) is 12.3. The van der Waals surface area contributed by atoms with Crippen molar-refractivity contribution in [3.63, 3.8) is 0 Å². The number of benzene rings is 1. The van der Waals surface area contributed by atoms with E-state index in [1.165, 1.54) is 4.68 Å². The van der Waals surface area contributed by atoms with E-state index in [0.29, 0.717) is 17.9 Å². The Hall–Kier alpha value is -2.14. The normalized spacial score (nSPS) is 12.3. The van der Waals surface area contributed by atoms with Gasteiger partial charge in [-0.2, -0.15) is 9.78 Å². The third kappa shape index (κ3) is 2.57. The molecule has 1 atom stereocenters. The minimum atomic E-state index is -0.644. The molecule has 0 aliphatic rings. The number of carbonyl (C=O) groups excluding carboxylic acids is 1. The number of nitrogen functional groups attached to an aromatic ring is 1. The van der Waals surface area contributed by atoms with Gasteiger partial charge in [-0.1, -0.05) is 30.3 Å². The van der Waals surface area contributed by atoms with Crippen molar-refractivity contribution in [3.05, 3.63) is 47.7 Å². The quantitative estimate of drug-likeness (QED) is 0.842. The predicted molar refractivity (Wildman–Crippen MR) is 70.1 cm³/mol. The molecule has 0 radical (unpaired) electrons. The minimum absolute atomic E-state index is 0.288. The molecule has 0 bridgehead atoms. The van der Waals surface area contributed by atoms with E-state index >= 15 is 0 Å². The number of hydrogen-bond donors (Lipinski definition) is 2. The summed E-state index contributed by atoms with van der Waals surface area (Å²) in [5.74, 6) is 0.0328. The first-order valence-electron chi connectivity index (χ1n) is 5.74. The second-order valence-corrected chi connectivity index (χ2v) is 4.26. The van der Waals surface area contributed by atoms with Gasteiger partial charge in [0.2, 0.25) is 0 Å². The van der Waals surface area contributed by atoms with E-state index in [1.807, 2.05) is 30.3 Å². The first-order valence-corrected chi connectivity index (χ1v) is 5.74. The molecule has 5 heteroatoms. The molecular weight excluding hydrogens is 228 g/mol. The minimum Gasteiger partial charge on any atom is -0.383 e. The zero-order valence-electron chi connectivity index (χ0n) is 10.2. The highest BCUT2D eigenvalue weighted by molar-refractivity contribution is 5.86. The van der Waals surface area contributed by atoms with Crippen LogP contribution >= 0.6 is 0 Å². The number of hydrogen-bond acceptors (Lipinski definition) is 4. The fourth-order valence-electron chi connectivity index (χ4n) is 1.81. The van der Waals surface area contributed by atoms with Crippen LogP contribution in [0.5, 0.6) is 0 Å². The van der Waals surface area contributed by atoms with Crippen molar-refractivity contribution in [2.45, 2.75) is 19.4 Å². The number of nitrogens with two attached hydrogens (primary N) is 2. The highest BCUT2D eigenvalue weighted by atomic mass is 16.2. The van der Waals surface area contributed by atoms with E-state index in [1.54, 1.807) is 13.0 Å². The van der Waals surface area contributed by atoms with Gasteiger partial charge < -0.3 is 11.5 Å².